The molecule has 2 rings (SSSR count). The predicted molar refractivity (Wildman–Crippen MR) is 116 cm³/mol. The number of halogens is 1. The Hall–Kier alpha value is -1.59. The van der Waals surface area contributed by atoms with Crippen LogP contribution in [0.25, 0.3) is 10.9 Å². The summed E-state index contributed by atoms with van der Waals surface area (Å²) in [7, 11) is 2.99. The van der Waals surface area contributed by atoms with Crippen molar-refractivity contribution in [1.82, 2.24) is 10.3 Å². The molecule has 1 aromatic carbocycles. The van der Waals surface area contributed by atoms with Gasteiger partial charge in [0.1, 0.15) is 12.9 Å². The van der Waals surface area contributed by atoms with Crippen LogP contribution in [0.2, 0.25) is 0 Å². The highest BCUT2D eigenvalue weighted by molar-refractivity contribution is 14.1. The number of carbonyl (C=O) groups is 1. The number of ether oxygens (including phenoxy) is 2. The molecule has 1 aromatic heterocycles. The number of fused-ring (bicyclic) bond motifs is 1. The molecular weight excluding hydrogens is 481 g/mol. The first-order valence-electron chi connectivity index (χ1n) is 8.04. The van der Waals surface area contributed by atoms with Gasteiger partial charge < -0.3 is 19.6 Å². The van der Waals surface area contributed by atoms with Gasteiger partial charge >= 0.3 is 0 Å². The molecule has 7 nitrogen and oxygen atoms in total. The van der Waals surface area contributed by atoms with Gasteiger partial charge in [0.05, 0.1) is 23.9 Å². The van der Waals surface area contributed by atoms with E-state index in [-0.39, 0.29) is 12.5 Å². The van der Waals surface area contributed by atoms with E-state index in [2.05, 4.69) is 38.0 Å². The second kappa shape index (κ2) is 10.1. The van der Waals surface area contributed by atoms with Gasteiger partial charge in [0.15, 0.2) is 0 Å². The second-order valence-corrected chi connectivity index (χ2v) is 8.10. The molecule has 1 heterocycles. The van der Waals surface area contributed by atoms with Crippen LogP contribution >= 0.6 is 34.4 Å². The number of thioether (sulfide) groups is 1. The summed E-state index contributed by atoms with van der Waals surface area (Å²) in [5.41, 5.74) is -0.676. The molecule has 2 atom stereocenters. The van der Waals surface area contributed by atoms with Crippen LogP contribution in [0, 0.1) is 3.57 Å². The van der Waals surface area contributed by atoms with Gasteiger partial charge in [-0.3, -0.25) is 9.78 Å². The zero-order valence-electron chi connectivity index (χ0n) is 15.6. The van der Waals surface area contributed by atoms with Gasteiger partial charge in [-0.2, -0.15) is 0 Å². The molecule has 146 valence electrons. The molecule has 0 fully saturated rings. The number of benzene rings is 1. The molecule has 0 spiro atoms. The number of nitrogens with one attached hydrogen (secondary N) is 1. The molecule has 1 N–H and O–H groups in total. The van der Waals surface area contributed by atoms with E-state index in [1.54, 1.807) is 26.3 Å². The molecule has 0 aliphatic carbocycles. The third-order valence-electron chi connectivity index (χ3n) is 3.59. The van der Waals surface area contributed by atoms with Crippen LogP contribution in [0.15, 0.2) is 35.6 Å². The number of oxime groups is 1. The maximum Gasteiger partial charge on any atom is 0.272 e. The molecule has 0 saturated heterocycles. The summed E-state index contributed by atoms with van der Waals surface area (Å²) in [5, 5.41) is 7.60. The number of nitrogens with zero attached hydrogens (tertiary/aromatic N) is 2. The predicted octanol–water partition coefficient (Wildman–Crippen LogP) is 3.06. The summed E-state index contributed by atoms with van der Waals surface area (Å²) < 4.78 is 12.1. The van der Waals surface area contributed by atoms with Crippen LogP contribution in [0.4, 0.5) is 0 Å². The van der Waals surface area contributed by atoms with E-state index in [0.29, 0.717) is 5.75 Å². The SMILES string of the molecule is COCC(C)(C=NOC)NC(=O)C(Oc1ccc2ncc(I)cc2c1)SC. The van der Waals surface area contributed by atoms with Crippen LogP contribution in [0.5, 0.6) is 5.75 Å². The fraction of sp³-hybridized carbons (Fsp3) is 0.389. The topological polar surface area (TPSA) is 82.0 Å². The Morgan fingerprint density at radius 3 is 2.89 bits per heavy atom. The zero-order chi connectivity index (χ0) is 19.9. The van der Waals surface area contributed by atoms with Gasteiger partial charge in [0.25, 0.3) is 5.91 Å². The van der Waals surface area contributed by atoms with Crippen molar-refractivity contribution in [2.75, 3.05) is 27.1 Å². The highest BCUT2D eigenvalue weighted by Crippen LogP contribution is 2.24. The van der Waals surface area contributed by atoms with E-state index < -0.39 is 11.0 Å². The first-order chi connectivity index (χ1) is 12.9. The fourth-order valence-corrected chi connectivity index (χ4v) is 3.36. The number of rotatable bonds is 9. The van der Waals surface area contributed by atoms with E-state index >= 15 is 0 Å². The Bertz CT molecular complexity index is 820. The van der Waals surface area contributed by atoms with Crippen LogP contribution in [0.3, 0.4) is 0 Å². The smallest absolute Gasteiger partial charge is 0.272 e. The van der Waals surface area contributed by atoms with Gasteiger partial charge in [-0.1, -0.05) is 5.16 Å². The summed E-state index contributed by atoms with van der Waals surface area (Å²) in [5.74, 6) is 0.310. The summed E-state index contributed by atoms with van der Waals surface area (Å²) in [6, 6.07) is 7.57. The van der Waals surface area contributed by atoms with Crippen LogP contribution in [-0.4, -0.2) is 55.2 Å². The van der Waals surface area contributed by atoms with Crippen molar-refractivity contribution in [2.45, 2.75) is 17.9 Å². The number of aromatic nitrogens is 1. The zero-order valence-corrected chi connectivity index (χ0v) is 18.5. The normalized spacial score (nSPS) is 14.7. The lowest BCUT2D eigenvalue weighted by Crippen LogP contribution is -2.54. The van der Waals surface area contributed by atoms with Crippen LogP contribution in [0.1, 0.15) is 6.92 Å². The Morgan fingerprint density at radius 1 is 1.44 bits per heavy atom. The molecule has 0 aliphatic rings. The van der Waals surface area contributed by atoms with Gasteiger partial charge in [0, 0.05) is 22.3 Å². The van der Waals surface area contributed by atoms with E-state index in [4.69, 9.17) is 14.3 Å². The first-order valence-corrected chi connectivity index (χ1v) is 10.4. The number of hydrogen-bond acceptors (Lipinski definition) is 7. The maximum absolute atomic E-state index is 12.7. The second-order valence-electron chi connectivity index (χ2n) is 5.95. The summed E-state index contributed by atoms with van der Waals surface area (Å²) in [6.45, 7) is 2.03. The summed E-state index contributed by atoms with van der Waals surface area (Å²) >= 11 is 3.51. The number of hydrogen-bond donors (Lipinski definition) is 1. The number of pyridine rings is 1. The average Bonchev–Trinajstić information content (AvgIpc) is 2.64. The van der Waals surface area contributed by atoms with Crippen molar-refractivity contribution >= 4 is 57.4 Å². The molecule has 0 aliphatic heterocycles. The number of carbonyl (C=O) groups excluding carboxylic acids is 1. The van der Waals surface area contributed by atoms with E-state index in [9.17, 15) is 4.79 Å². The minimum Gasteiger partial charge on any atom is -0.470 e. The molecule has 9 heteroatoms. The molecular formula is C18H22IN3O4S. The third-order valence-corrected chi connectivity index (χ3v) is 4.92. The van der Waals surface area contributed by atoms with Crippen molar-refractivity contribution in [3.05, 3.63) is 34.0 Å². The van der Waals surface area contributed by atoms with E-state index in [1.807, 2.05) is 24.5 Å². The maximum atomic E-state index is 12.7. The van der Waals surface area contributed by atoms with Gasteiger partial charge in [-0.05, 0) is 60.0 Å². The Labute approximate surface area is 176 Å². The summed E-state index contributed by atoms with van der Waals surface area (Å²) in [6.07, 6.45) is 5.11. The minimum absolute atomic E-state index is 0.243. The fourth-order valence-electron chi connectivity index (χ4n) is 2.40. The van der Waals surface area contributed by atoms with Crippen LogP contribution in [-0.2, 0) is 14.4 Å². The van der Waals surface area contributed by atoms with Gasteiger partial charge in [-0.25, -0.2) is 0 Å². The van der Waals surface area contributed by atoms with Gasteiger partial charge in [-0.15, -0.1) is 11.8 Å². The number of methoxy groups -OCH3 is 1. The van der Waals surface area contributed by atoms with Crippen molar-refractivity contribution in [2.24, 2.45) is 5.16 Å². The van der Waals surface area contributed by atoms with E-state index in [0.717, 1.165) is 14.5 Å². The average molecular weight is 503 g/mol. The van der Waals surface area contributed by atoms with Crippen molar-refractivity contribution in [3.63, 3.8) is 0 Å². The minimum atomic E-state index is -0.817. The lowest BCUT2D eigenvalue weighted by Gasteiger charge is -2.27. The molecule has 2 aromatic rings. The molecule has 0 bridgehead atoms. The Balaban J connectivity index is 2.15. The van der Waals surface area contributed by atoms with E-state index in [1.165, 1.54) is 25.1 Å². The Kier molecular flexibility index (Phi) is 8.11. The van der Waals surface area contributed by atoms with Crippen molar-refractivity contribution in [1.29, 1.82) is 0 Å². The van der Waals surface area contributed by atoms with Gasteiger partial charge in [0.2, 0.25) is 5.44 Å². The molecule has 2 unspecified atom stereocenters. The molecule has 1 amide bonds. The number of amides is 1. The molecule has 0 saturated carbocycles. The Morgan fingerprint density at radius 2 is 2.22 bits per heavy atom. The highest BCUT2D eigenvalue weighted by atomic mass is 127. The first kappa shape index (κ1) is 21.7. The lowest BCUT2D eigenvalue weighted by molar-refractivity contribution is -0.126. The monoisotopic (exact) mass is 503 g/mol. The van der Waals surface area contributed by atoms with Crippen molar-refractivity contribution < 1.29 is 19.1 Å². The highest BCUT2D eigenvalue weighted by Gasteiger charge is 2.29. The summed E-state index contributed by atoms with van der Waals surface area (Å²) in [4.78, 5) is 21.8. The molecule has 0 radical (unpaired) electrons. The van der Waals surface area contributed by atoms with Crippen LogP contribution < -0.4 is 10.1 Å². The quantitative estimate of drug-likeness (QED) is 0.245. The largest absolute Gasteiger partial charge is 0.470 e. The third kappa shape index (κ3) is 6.22. The molecule has 27 heavy (non-hydrogen) atoms. The lowest BCUT2D eigenvalue weighted by atomic mass is 10.1. The standard InChI is InChI=1S/C18H22IN3O4S/c1-18(11-24-2,10-21-25-3)22-16(23)17(27-4)26-14-5-6-15-12(8-14)7-13(19)9-20-15/h5-10,17H,11H2,1-4H3,(H,22,23). The van der Waals surface area contributed by atoms with Crippen molar-refractivity contribution in [3.8, 4) is 5.75 Å².